The molecule has 1 amide bonds. The number of pyridine rings is 1. The molecule has 5 heterocycles. The van der Waals surface area contributed by atoms with Crippen LogP contribution in [-0.4, -0.2) is 47.1 Å². The number of amides is 1. The van der Waals surface area contributed by atoms with E-state index in [1.165, 1.54) is 11.3 Å². The Morgan fingerprint density at radius 2 is 2.18 bits per heavy atom. The number of nitrogens with one attached hydrogen (secondary N) is 1. The number of carbonyl (C=O) groups excluding carboxylic acids is 1. The largest absolute Gasteiger partial charge is 0.348 e. The van der Waals surface area contributed by atoms with Gasteiger partial charge in [0.1, 0.15) is 11.0 Å². The molecule has 0 spiro atoms. The third-order valence-electron chi connectivity index (χ3n) is 5.41. The highest BCUT2D eigenvalue weighted by molar-refractivity contribution is 7.13. The molecule has 0 saturated heterocycles. The fraction of sp³-hybridized carbons (Fsp3) is 0.316. The third-order valence-corrected chi connectivity index (χ3v) is 6.48. The van der Waals surface area contributed by atoms with Gasteiger partial charge >= 0.3 is 0 Å². The number of aromatic nitrogens is 6. The summed E-state index contributed by atoms with van der Waals surface area (Å²) in [5, 5.41) is 14.6. The zero-order valence-electron chi connectivity index (χ0n) is 14.9. The fourth-order valence-electron chi connectivity index (χ4n) is 3.83. The number of H-pyrrole nitrogens is 1. The van der Waals surface area contributed by atoms with Gasteiger partial charge in [0, 0.05) is 30.8 Å². The SMILES string of the molecule is O=C(c1nnc(C2CC2)s1)N1CCc2[nH]cnc2[C@H]1c1cc2ccccn2n1. The van der Waals surface area contributed by atoms with Gasteiger partial charge < -0.3 is 9.88 Å². The van der Waals surface area contributed by atoms with E-state index in [0.29, 0.717) is 17.5 Å². The average molecular weight is 391 g/mol. The molecule has 9 heteroatoms. The van der Waals surface area contributed by atoms with E-state index in [0.717, 1.165) is 46.9 Å². The first-order valence-electron chi connectivity index (χ1n) is 9.39. The van der Waals surface area contributed by atoms with E-state index in [-0.39, 0.29) is 11.9 Å². The predicted molar refractivity (Wildman–Crippen MR) is 102 cm³/mol. The molecule has 2 aliphatic rings. The summed E-state index contributed by atoms with van der Waals surface area (Å²) < 4.78 is 1.83. The second-order valence-electron chi connectivity index (χ2n) is 7.28. The Morgan fingerprint density at radius 1 is 1.25 bits per heavy atom. The monoisotopic (exact) mass is 391 g/mol. The molecule has 0 bridgehead atoms. The molecular formula is C19H17N7OS. The molecule has 6 rings (SSSR count). The molecule has 1 fully saturated rings. The summed E-state index contributed by atoms with van der Waals surface area (Å²) in [7, 11) is 0. The van der Waals surface area contributed by atoms with Gasteiger partial charge in [-0.2, -0.15) is 5.10 Å². The van der Waals surface area contributed by atoms with Crippen LogP contribution < -0.4 is 0 Å². The number of hydrogen-bond donors (Lipinski definition) is 1. The van der Waals surface area contributed by atoms with Gasteiger partial charge in [0.2, 0.25) is 5.01 Å². The summed E-state index contributed by atoms with van der Waals surface area (Å²) in [5.74, 6) is 0.396. The van der Waals surface area contributed by atoms with Gasteiger partial charge in [0.15, 0.2) is 0 Å². The van der Waals surface area contributed by atoms with Gasteiger partial charge in [0.05, 0.1) is 23.2 Å². The highest BCUT2D eigenvalue weighted by Crippen LogP contribution is 2.42. The van der Waals surface area contributed by atoms with Gasteiger partial charge in [0.25, 0.3) is 5.91 Å². The van der Waals surface area contributed by atoms with Crippen LogP contribution in [0.25, 0.3) is 5.52 Å². The molecule has 8 nitrogen and oxygen atoms in total. The highest BCUT2D eigenvalue weighted by atomic mass is 32.1. The molecule has 0 radical (unpaired) electrons. The highest BCUT2D eigenvalue weighted by Gasteiger charge is 2.38. The minimum Gasteiger partial charge on any atom is -0.348 e. The summed E-state index contributed by atoms with van der Waals surface area (Å²) in [4.78, 5) is 22.9. The molecule has 4 aromatic rings. The fourth-order valence-corrected chi connectivity index (χ4v) is 4.79. The summed E-state index contributed by atoms with van der Waals surface area (Å²) in [6, 6.07) is 7.60. The number of hydrogen-bond acceptors (Lipinski definition) is 6. The van der Waals surface area contributed by atoms with Crippen molar-refractivity contribution in [2.75, 3.05) is 6.54 Å². The Bertz CT molecular complexity index is 1150. The molecular weight excluding hydrogens is 374 g/mol. The Balaban J connectivity index is 1.43. The van der Waals surface area contributed by atoms with Crippen LogP contribution in [0.1, 0.15) is 56.7 Å². The van der Waals surface area contributed by atoms with Crippen LogP contribution in [0.5, 0.6) is 0 Å². The lowest BCUT2D eigenvalue weighted by molar-refractivity contribution is 0.0685. The molecule has 4 aromatic heterocycles. The predicted octanol–water partition coefficient (Wildman–Crippen LogP) is 2.57. The first kappa shape index (κ1) is 15.9. The maximum absolute atomic E-state index is 13.3. The Labute approximate surface area is 164 Å². The van der Waals surface area contributed by atoms with Crippen LogP contribution in [0, 0.1) is 0 Å². The number of carbonyl (C=O) groups is 1. The lowest BCUT2D eigenvalue weighted by Crippen LogP contribution is -2.41. The van der Waals surface area contributed by atoms with Crippen LogP contribution >= 0.6 is 11.3 Å². The van der Waals surface area contributed by atoms with Crippen molar-refractivity contribution >= 4 is 22.8 Å². The molecule has 1 aliphatic heterocycles. The minimum absolute atomic E-state index is 0.0971. The smallest absolute Gasteiger partial charge is 0.285 e. The Kier molecular flexibility index (Phi) is 3.39. The number of nitrogens with zero attached hydrogens (tertiary/aromatic N) is 6. The zero-order valence-corrected chi connectivity index (χ0v) is 15.8. The van der Waals surface area contributed by atoms with E-state index in [9.17, 15) is 4.79 Å². The van der Waals surface area contributed by atoms with Gasteiger partial charge in [-0.05, 0) is 31.0 Å². The molecule has 0 aromatic carbocycles. The molecule has 0 unspecified atom stereocenters. The van der Waals surface area contributed by atoms with Gasteiger partial charge in [-0.15, -0.1) is 10.2 Å². The van der Waals surface area contributed by atoms with E-state index >= 15 is 0 Å². The van der Waals surface area contributed by atoms with Crippen molar-refractivity contribution < 1.29 is 4.79 Å². The summed E-state index contributed by atoms with van der Waals surface area (Å²) >= 11 is 1.42. The van der Waals surface area contributed by atoms with E-state index in [1.807, 2.05) is 39.9 Å². The van der Waals surface area contributed by atoms with Crippen LogP contribution in [0.3, 0.4) is 0 Å². The van der Waals surface area contributed by atoms with Crippen molar-refractivity contribution in [3.05, 3.63) is 63.9 Å². The van der Waals surface area contributed by atoms with Gasteiger partial charge in [-0.3, -0.25) is 4.79 Å². The zero-order chi connectivity index (χ0) is 18.7. The maximum atomic E-state index is 13.3. The van der Waals surface area contributed by atoms with E-state index in [4.69, 9.17) is 5.10 Å². The molecule has 1 aliphatic carbocycles. The second kappa shape index (κ2) is 5.96. The third kappa shape index (κ3) is 2.46. The topological polar surface area (TPSA) is 92.1 Å². The standard InChI is InChI=1S/C19H17N7OS/c27-19(18-23-22-17(28-18)11-4-5-11)25-8-6-13-15(21-10-20-13)16(25)14-9-12-3-1-2-7-26(12)24-14/h1-3,7,9-11,16H,4-6,8H2,(H,20,21)/t16-/m1/s1. The first-order chi connectivity index (χ1) is 13.8. The van der Waals surface area contributed by atoms with E-state index in [2.05, 4.69) is 20.2 Å². The number of rotatable bonds is 3. The summed E-state index contributed by atoms with van der Waals surface area (Å²) in [6.45, 7) is 0.588. The van der Waals surface area contributed by atoms with Gasteiger partial charge in [-0.1, -0.05) is 17.4 Å². The van der Waals surface area contributed by atoms with Crippen molar-refractivity contribution in [2.24, 2.45) is 0 Å². The molecule has 1 N–H and O–H groups in total. The lowest BCUT2D eigenvalue weighted by Gasteiger charge is -2.33. The Morgan fingerprint density at radius 3 is 3.04 bits per heavy atom. The van der Waals surface area contributed by atoms with Crippen molar-refractivity contribution in [2.45, 2.75) is 31.2 Å². The van der Waals surface area contributed by atoms with Crippen LogP contribution in [0.15, 0.2) is 36.8 Å². The quantitative estimate of drug-likeness (QED) is 0.579. The maximum Gasteiger partial charge on any atom is 0.285 e. The summed E-state index contributed by atoms with van der Waals surface area (Å²) in [6.07, 6.45) is 6.63. The summed E-state index contributed by atoms with van der Waals surface area (Å²) in [5.41, 5.74) is 3.70. The molecule has 140 valence electrons. The van der Waals surface area contributed by atoms with Crippen molar-refractivity contribution in [1.82, 2.24) is 34.7 Å². The van der Waals surface area contributed by atoms with Gasteiger partial charge in [-0.25, -0.2) is 9.50 Å². The average Bonchev–Trinajstić information content (AvgIpc) is 3.14. The molecule has 28 heavy (non-hydrogen) atoms. The van der Waals surface area contributed by atoms with Crippen molar-refractivity contribution in [3.8, 4) is 0 Å². The van der Waals surface area contributed by atoms with Crippen molar-refractivity contribution in [3.63, 3.8) is 0 Å². The molecule has 1 saturated carbocycles. The van der Waals surface area contributed by atoms with E-state index < -0.39 is 0 Å². The second-order valence-corrected chi connectivity index (χ2v) is 8.29. The normalized spacial score (nSPS) is 19.1. The lowest BCUT2D eigenvalue weighted by atomic mass is 9.99. The van der Waals surface area contributed by atoms with Crippen LogP contribution in [0.4, 0.5) is 0 Å². The van der Waals surface area contributed by atoms with Crippen molar-refractivity contribution in [1.29, 1.82) is 0 Å². The Hall–Kier alpha value is -3.07. The minimum atomic E-state index is -0.337. The van der Waals surface area contributed by atoms with Crippen LogP contribution in [0.2, 0.25) is 0 Å². The number of aromatic amines is 1. The molecule has 1 atom stereocenters. The first-order valence-corrected chi connectivity index (χ1v) is 10.2. The number of fused-ring (bicyclic) bond motifs is 2. The van der Waals surface area contributed by atoms with E-state index in [1.54, 1.807) is 6.33 Å². The number of imidazole rings is 1. The van der Waals surface area contributed by atoms with Crippen LogP contribution in [-0.2, 0) is 6.42 Å².